The third-order valence-electron chi connectivity index (χ3n) is 6.52. The lowest BCUT2D eigenvalue weighted by Crippen LogP contribution is -2.50. The maximum absolute atomic E-state index is 12.6. The second kappa shape index (κ2) is 6.34. The summed E-state index contributed by atoms with van der Waals surface area (Å²) in [6.07, 6.45) is 6.13. The Bertz CT molecular complexity index is 1000. The van der Waals surface area contributed by atoms with Crippen molar-refractivity contribution in [1.82, 2.24) is 14.5 Å². The van der Waals surface area contributed by atoms with Crippen molar-refractivity contribution in [3.05, 3.63) is 77.8 Å². The van der Waals surface area contributed by atoms with Gasteiger partial charge >= 0.3 is 0 Å². The second-order valence-corrected chi connectivity index (χ2v) is 7.78. The molecule has 1 fully saturated rings. The van der Waals surface area contributed by atoms with E-state index in [0.717, 1.165) is 24.2 Å². The maximum atomic E-state index is 12.6. The Labute approximate surface area is 163 Å². The number of amides is 1. The van der Waals surface area contributed by atoms with Crippen LogP contribution in [0.4, 0.5) is 0 Å². The molecule has 2 aliphatic rings. The number of nitrogens with zero attached hydrogens (tertiary/aromatic N) is 3. The Kier molecular flexibility index (Phi) is 3.91. The fourth-order valence-corrected chi connectivity index (χ4v) is 5.05. The molecule has 1 amide bonds. The number of rotatable bonds is 2. The van der Waals surface area contributed by atoms with E-state index in [1.807, 2.05) is 30.2 Å². The zero-order valence-corrected chi connectivity index (χ0v) is 15.8. The Morgan fingerprint density at radius 3 is 2.68 bits per heavy atom. The summed E-state index contributed by atoms with van der Waals surface area (Å²) in [6.45, 7) is 3.16. The van der Waals surface area contributed by atoms with Crippen LogP contribution >= 0.6 is 0 Å². The van der Waals surface area contributed by atoms with Crippen LogP contribution in [0.15, 0.2) is 59.5 Å². The van der Waals surface area contributed by atoms with E-state index in [2.05, 4.69) is 21.7 Å². The average Bonchev–Trinajstić information content (AvgIpc) is 3.44. The van der Waals surface area contributed by atoms with E-state index in [0.29, 0.717) is 18.8 Å². The van der Waals surface area contributed by atoms with E-state index >= 15 is 0 Å². The number of aliphatic hydroxyl groups is 1. The van der Waals surface area contributed by atoms with Gasteiger partial charge in [0.2, 0.25) is 0 Å². The molecule has 144 valence electrons. The molecule has 1 saturated heterocycles. The number of benzene rings is 1. The molecule has 3 heterocycles. The molecular weight excluding hydrogens is 354 g/mol. The van der Waals surface area contributed by atoms with Gasteiger partial charge in [-0.3, -0.25) is 4.79 Å². The van der Waals surface area contributed by atoms with Crippen molar-refractivity contribution in [3.8, 4) is 0 Å². The molecule has 2 atom stereocenters. The van der Waals surface area contributed by atoms with Gasteiger partial charge in [-0.1, -0.05) is 24.3 Å². The number of hydrogen-bond donors (Lipinski definition) is 1. The number of aromatic nitrogens is 2. The molecule has 5 rings (SSSR count). The molecule has 2 aromatic heterocycles. The molecule has 1 aliphatic heterocycles. The monoisotopic (exact) mass is 377 g/mol. The summed E-state index contributed by atoms with van der Waals surface area (Å²) in [6, 6.07) is 11.6. The molecule has 1 aliphatic carbocycles. The highest BCUT2D eigenvalue weighted by Crippen LogP contribution is 2.52. The van der Waals surface area contributed by atoms with Crippen molar-refractivity contribution in [2.45, 2.75) is 37.3 Å². The van der Waals surface area contributed by atoms with E-state index in [1.165, 1.54) is 11.8 Å². The molecule has 0 radical (unpaired) electrons. The van der Waals surface area contributed by atoms with Gasteiger partial charge in [-0.05, 0) is 43.0 Å². The Balaban J connectivity index is 1.47. The lowest BCUT2D eigenvalue weighted by molar-refractivity contribution is 0.0196. The molecule has 6 heteroatoms. The van der Waals surface area contributed by atoms with Gasteiger partial charge in [0.05, 0.1) is 18.4 Å². The Morgan fingerprint density at radius 1 is 1.21 bits per heavy atom. The van der Waals surface area contributed by atoms with Crippen molar-refractivity contribution >= 4 is 5.91 Å². The van der Waals surface area contributed by atoms with Gasteiger partial charge in [0.1, 0.15) is 5.82 Å². The van der Waals surface area contributed by atoms with Crippen molar-refractivity contribution < 1.29 is 14.3 Å². The number of imidazole rings is 1. The fourth-order valence-electron chi connectivity index (χ4n) is 5.05. The van der Waals surface area contributed by atoms with Crippen LogP contribution in [-0.4, -0.2) is 44.7 Å². The zero-order valence-electron chi connectivity index (χ0n) is 15.8. The van der Waals surface area contributed by atoms with Crippen LogP contribution in [0.3, 0.4) is 0 Å². The molecule has 0 unspecified atom stereocenters. The van der Waals surface area contributed by atoms with Crippen LogP contribution in [0.5, 0.6) is 0 Å². The lowest BCUT2D eigenvalue weighted by Gasteiger charge is -2.42. The average molecular weight is 377 g/mol. The summed E-state index contributed by atoms with van der Waals surface area (Å²) in [7, 11) is 0. The predicted molar refractivity (Wildman–Crippen MR) is 103 cm³/mol. The zero-order chi connectivity index (χ0) is 19.3. The van der Waals surface area contributed by atoms with Gasteiger partial charge in [-0.2, -0.15) is 0 Å². The van der Waals surface area contributed by atoms with Crippen molar-refractivity contribution in [2.75, 3.05) is 13.1 Å². The van der Waals surface area contributed by atoms with Crippen LogP contribution in [0.25, 0.3) is 0 Å². The number of aliphatic hydroxyl groups excluding tert-OH is 1. The highest BCUT2D eigenvalue weighted by Gasteiger charge is 2.53. The van der Waals surface area contributed by atoms with Crippen LogP contribution in [0, 0.1) is 6.92 Å². The smallest absolute Gasteiger partial charge is 0.289 e. The molecule has 1 N–H and O–H groups in total. The molecular formula is C22H23N3O3. The molecule has 6 nitrogen and oxygen atoms in total. The number of carbonyl (C=O) groups excluding carboxylic acids is 1. The second-order valence-electron chi connectivity index (χ2n) is 7.78. The van der Waals surface area contributed by atoms with Crippen LogP contribution in [0.2, 0.25) is 0 Å². The highest BCUT2D eigenvalue weighted by molar-refractivity contribution is 5.91. The number of hydrogen-bond acceptors (Lipinski definition) is 4. The van der Waals surface area contributed by atoms with Crippen LogP contribution in [0.1, 0.15) is 46.4 Å². The standard InChI is InChI=1S/C22H23N3O3/c1-15-23-10-13-25(15)19-16-5-2-3-6-17(16)22(20(19)26)8-11-24(12-9-22)21(27)18-7-4-14-28-18/h2-7,10,13-14,19-20,26H,8-9,11-12H2,1H3/t19-,20+/m1/s1. The summed E-state index contributed by atoms with van der Waals surface area (Å²) in [4.78, 5) is 18.8. The minimum Gasteiger partial charge on any atom is -0.459 e. The SMILES string of the molecule is Cc1nccn1[C@@H]1c2ccccc2C2(CCN(C(=O)c3ccco3)CC2)[C@H]1O. The summed E-state index contributed by atoms with van der Waals surface area (Å²) in [5.74, 6) is 1.18. The number of carbonyl (C=O) groups is 1. The van der Waals surface area contributed by atoms with Gasteiger partial charge in [0, 0.05) is 30.9 Å². The lowest BCUT2D eigenvalue weighted by atomic mass is 9.72. The van der Waals surface area contributed by atoms with Crippen molar-refractivity contribution in [3.63, 3.8) is 0 Å². The largest absolute Gasteiger partial charge is 0.459 e. The number of aryl methyl sites for hydroxylation is 1. The van der Waals surface area contributed by atoms with E-state index in [4.69, 9.17) is 4.42 Å². The number of likely N-dealkylation sites (tertiary alicyclic amines) is 1. The molecule has 1 aromatic carbocycles. The van der Waals surface area contributed by atoms with E-state index < -0.39 is 6.10 Å². The first-order chi connectivity index (χ1) is 13.6. The minimum atomic E-state index is -0.557. The van der Waals surface area contributed by atoms with E-state index in [1.54, 1.807) is 18.3 Å². The Hall–Kier alpha value is -2.86. The summed E-state index contributed by atoms with van der Waals surface area (Å²) < 4.78 is 7.34. The quantitative estimate of drug-likeness (QED) is 0.745. The number of furan rings is 1. The van der Waals surface area contributed by atoms with Gasteiger partial charge in [-0.25, -0.2) is 4.98 Å². The van der Waals surface area contributed by atoms with Crippen molar-refractivity contribution in [1.29, 1.82) is 0 Å². The molecule has 1 spiro atoms. The van der Waals surface area contributed by atoms with Gasteiger partial charge in [0.15, 0.2) is 5.76 Å². The summed E-state index contributed by atoms with van der Waals surface area (Å²) >= 11 is 0. The van der Waals surface area contributed by atoms with Crippen molar-refractivity contribution in [2.24, 2.45) is 0 Å². The first kappa shape index (κ1) is 17.3. The molecule has 0 bridgehead atoms. The number of piperidine rings is 1. The Morgan fingerprint density at radius 2 is 2.00 bits per heavy atom. The van der Waals surface area contributed by atoms with E-state index in [-0.39, 0.29) is 17.4 Å². The summed E-state index contributed by atoms with van der Waals surface area (Å²) in [5, 5.41) is 11.5. The maximum Gasteiger partial charge on any atom is 0.289 e. The first-order valence-electron chi connectivity index (χ1n) is 9.71. The van der Waals surface area contributed by atoms with E-state index in [9.17, 15) is 9.90 Å². The predicted octanol–water partition coefficient (Wildman–Crippen LogP) is 2.92. The first-order valence-corrected chi connectivity index (χ1v) is 9.71. The highest BCUT2D eigenvalue weighted by atomic mass is 16.3. The fraction of sp³-hybridized carbons (Fsp3) is 0.364. The minimum absolute atomic E-state index is 0.0809. The normalized spacial score (nSPS) is 23.1. The third kappa shape index (κ3) is 2.37. The summed E-state index contributed by atoms with van der Waals surface area (Å²) in [5.41, 5.74) is 2.00. The van der Waals surface area contributed by atoms with Crippen LogP contribution < -0.4 is 0 Å². The molecule has 0 saturated carbocycles. The van der Waals surface area contributed by atoms with Gasteiger partial charge < -0.3 is 19.0 Å². The molecule has 28 heavy (non-hydrogen) atoms. The third-order valence-corrected chi connectivity index (χ3v) is 6.52. The van der Waals surface area contributed by atoms with Gasteiger partial charge in [-0.15, -0.1) is 0 Å². The van der Waals surface area contributed by atoms with Gasteiger partial charge in [0.25, 0.3) is 5.91 Å². The number of fused-ring (bicyclic) bond motifs is 2. The van der Waals surface area contributed by atoms with Crippen LogP contribution in [-0.2, 0) is 5.41 Å². The topological polar surface area (TPSA) is 71.5 Å². The molecule has 3 aromatic rings.